The lowest BCUT2D eigenvalue weighted by Crippen LogP contribution is -2.32. The van der Waals surface area contributed by atoms with Gasteiger partial charge in [0.2, 0.25) is 0 Å². The first-order valence-corrected chi connectivity index (χ1v) is 6.09. The van der Waals surface area contributed by atoms with Gasteiger partial charge in [-0.3, -0.25) is 0 Å². The highest BCUT2D eigenvalue weighted by molar-refractivity contribution is 5.89. The highest BCUT2D eigenvalue weighted by Crippen LogP contribution is 2.23. The molecule has 1 aromatic rings. The first-order valence-electron chi connectivity index (χ1n) is 6.09. The number of amides is 2. The molecule has 17 heavy (non-hydrogen) atoms. The molecule has 2 rings (SSSR count). The van der Waals surface area contributed by atoms with Crippen molar-refractivity contribution in [3.63, 3.8) is 0 Å². The minimum atomic E-state index is -0.142. The van der Waals surface area contributed by atoms with Gasteiger partial charge in [0, 0.05) is 18.3 Å². The number of hydrogen-bond acceptors (Lipinski definition) is 2. The van der Waals surface area contributed by atoms with Crippen molar-refractivity contribution >= 4 is 11.7 Å². The SMILES string of the molecule is N[C@@H]1CCC(CNC(=O)Nc2ccccc2)C1. The Morgan fingerprint density at radius 1 is 1.29 bits per heavy atom. The number of carbonyl (C=O) groups excluding carboxylic acids is 1. The van der Waals surface area contributed by atoms with E-state index in [1.54, 1.807) is 0 Å². The molecule has 2 amide bonds. The Kier molecular flexibility index (Phi) is 3.98. The molecule has 4 nitrogen and oxygen atoms in total. The van der Waals surface area contributed by atoms with Gasteiger partial charge in [0.1, 0.15) is 0 Å². The minimum Gasteiger partial charge on any atom is -0.338 e. The molecule has 0 bridgehead atoms. The largest absolute Gasteiger partial charge is 0.338 e. The molecular formula is C13H19N3O. The quantitative estimate of drug-likeness (QED) is 0.746. The normalized spacial score (nSPS) is 23.4. The molecule has 0 aromatic heterocycles. The number of urea groups is 1. The summed E-state index contributed by atoms with van der Waals surface area (Å²) >= 11 is 0. The van der Waals surface area contributed by atoms with E-state index in [0.717, 1.165) is 24.9 Å². The lowest BCUT2D eigenvalue weighted by atomic mass is 10.1. The molecule has 1 aromatic carbocycles. The predicted molar refractivity (Wildman–Crippen MR) is 68.8 cm³/mol. The molecule has 0 aliphatic heterocycles. The van der Waals surface area contributed by atoms with E-state index in [9.17, 15) is 4.79 Å². The van der Waals surface area contributed by atoms with Crippen molar-refractivity contribution in [1.82, 2.24) is 5.32 Å². The summed E-state index contributed by atoms with van der Waals surface area (Å²) in [4.78, 5) is 11.6. The van der Waals surface area contributed by atoms with Crippen LogP contribution in [0.4, 0.5) is 10.5 Å². The highest BCUT2D eigenvalue weighted by Gasteiger charge is 2.21. The van der Waals surface area contributed by atoms with Gasteiger partial charge in [-0.1, -0.05) is 18.2 Å². The highest BCUT2D eigenvalue weighted by atomic mass is 16.2. The van der Waals surface area contributed by atoms with Gasteiger partial charge in [0.05, 0.1) is 0 Å². The van der Waals surface area contributed by atoms with Gasteiger partial charge in [-0.15, -0.1) is 0 Å². The molecule has 4 heteroatoms. The Labute approximate surface area is 102 Å². The molecule has 2 atom stereocenters. The number of nitrogens with two attached hydrogens (primary N) is 1. The van der Waals surface area contributed by atoms with Crippen LogP contribution in [0.5, 0.6) is 0 Å². The van der Waals surface area contributed by atoms with E-state index in [2.05, 4.69) is 10.6 Å². The smallest absolute Gasteiger partial charge is 0.319 e. The fourth-order valence-corrected chi connectivity index (χ4v) is 2.23. The zero-order valence-corrected chi connectivity index (χ0v) is 9.86. The van der Waals surface area contributed by atoms with Crippen molar-refractivity contribution in [3.8, 4) is 0 Å². The Balaban J connectivity index is 1.71. The standard InChI is InChI=1S/C13H19N3O/c14-11-7-6-10(8-11)9-15-13(17)16-12-4-2-1-3-5-12/h1-5,10-11H,6-9,14H2,(H2,15,16,17)/t10?,11-/m1/s1. The molecule has 0 heterocycles. The number of benzene rings is 1. The van der Waals surface area contributed by atoms with Crippen molar-refractivity contribution in [2.45, 2.75) is 25.3 Å². The second-order valence-electron chi connectivity index (χ2n) is 4.64. The topological polar surface area (TPSA) is 67.1 Å². The summed E-state index contributed by atoms with van der Waals surface area (Å²) in [5.41, 5.74) is 6.64. The first kappa shape index (κ1) is 11.9. The van der Waals surface area contributed by atoms with Crippen molar-refractivity contribution in [2.75, 3.05) is 11.9 Å². The Morgan fingerprint density at radius 2 is 2.06 bits per heavy atom. The summed E-state index contributed by atoms with van der Waals surface area (Å²) in [6, 6.07) is 9.62. The van der Waals surface area contributed by atoms with Crippen LogP contribution >= 0.6 is 0 Å². The maximum absolute atomic E-state index is 11.6. The second kappa shape index (κ2) is 5.68. The molecule has 92 valence electrons. The summed E-state index contributed by atoms with van der Waals surface area (Å²) in [6.07, 6.45) is 3.21. The first-order chi connectivity index (χ1) is 8.24. The summed E-state index contributed by atoms with van der Waals surface area (Å²) in [5.74, 6) is 0.534. The number of nitrogens with one attached hydrogen (secondary N) is 2. The molecule has 1 saturated carbocycles. The summed E-state index contributed by atoms with van der Waals surface area (Å²) in [5, 5.41) is 5.68. The average Bonchev–Trinajstić information content (AvgIpc) is 2.74. The molecule has 0 saturated heterocycles. The summed E-state index contributed by atoms with van der Waals surface area (Å²) < 4.78 is 0. The molecule has 0 radical (unpaired) electrons. The van der Waals surface area contributed by atoms with E-state index in [1.807, 2.05) is 30.3 Å². The predicted octanol–water partition coefficient (Wildman–Crippen LogP) is 1.94. The zero-order chi connectivity index (χ0) is 12.1. The van der Waals surface area contributed by atoms with Gasteiger partial charge < -0.3 is 16.4 Å². The van der Waals surface area contributed by atoms with Gasteiger partial charge in [0.15, 0.2) is 0 Å². The molecule has 1 unspecified atom stereocenters. The Hall–Kier alpha value is -1.55. The molecule has 1 aliphatic carbocycles. The van der Waals surface area contributed by atoms with Crippen LogP contribution in [0.3, 0.4) is 0 Å². The second-order valence-corrected chi connectivity index (χ2v) is 4.64. The van der Waals surface area contributed by atoms with E-state index in [4.69, 9.17) is 5.73 Å². The van der Waals surface area contributed by atoms with Gasteiger partial charge >= 0.3 is 6.03 Å². The van der Waals surface area contributed by atoms with Crippen LogP contribution in [-0.4, -0.2) is 18.6 Å². The molecule has 1 aliphatic rings. The van der Waals surface area contributed by atoms with Gasteiger partial charge in [-0.05, 0) is 37.3 Å². The van der Waals surface area contributed by atoms with Crippen LogP contribution in [0.15, 0.2) is 30.3 Å². The van der Waals surface area contributed by atoms with E-state index >= 15 is 0 Å². The van der Waals surface area contributed by atoms with Gasteiger partial charge in [-0.25, -0.2) is 4.79 Å². The Morgan fingerprint density at radius 3 is 2.71 bits per heavy atom. The van der Waals surface area contributed by atoms with Crippen LogP contribution < -0.4 is 16.4 Å². The van der Waals surface area contributed by atoms with Crippen molar-refractivity contribution in [1.29, 1.82) is 0 Å². The molecule has 1 fully saturated rings. The van der Waals surface area contributed by atoms with E-state index < -0.39 is 0 Å². The Bertz CT molecular complexity index is 366. The van der Waals surface area contributed by atoms with Crippen molar-refractivity contribution < 1.29 is 4.79 Å². The average molecular weight is 233 g/mol. The number of hydrogen-bond donors (Lipinski definition) is 3. The van der Waals surface area contributed by atoms with Crippen LogP contribution in [0, 0.1) is 5.92 Å². The van der Waals surface area contributed by atoms with Crippen molar-refractivity contribution in [3.05, 3.63) is 30.3 Å². The van der Waals surface area contributed by atoms with Crippen molar-refractivity contribution in [2.24, 2.45) is 11.7 Å². The van der Waals surface area contributed by atoms with Crippen LogP contribution in [0.1, 0.15) is 19.3 Å². The number of carbonyl (C=O) groups is 1. The van der Waals surface area contributed by atoms with E-state index in [1.165, 1.54) is 0 Å². The molecule has 4 N–H and O–H groups in total. The van der Waals surface area contributed by atoms with E-state index in [-0.39, 0.29) is 6.03 Å². The third kappa shape index (κ3) is 3.75. The molecular weight excluding hydrogens is 214 g/mol. The zero-order valence-electron chi connectivity index (χ0n) is 9.86. The third-order valence-corrected chi connectivity index (χ3v) is 3.16. The number of anilines is 1. The van der Waals surface area contributed by atoms with Crippen LogP contribution in [0.2, 0.25) is 0 Å². The maximum atomic E-state index is 11.6. The number of para-hydroxylation sites is 1. The van der Waals surface area contributed by atoms with Crippen LogP contribution in [0.25, 0.3) is 0 Å². The molecule has 0 spiro atoms. The van der Waals surface area contributed by atoms with Gasteiger partial charge in [0.25, 0.3) is 0 Å². The maximum Gasteiger partial charge on any atom is 0.319 e. The minimum absolute atomic E-state index is 0.142. The third-order valence-electron chi connectivity index (χ3n) is 3.16. The summed E-state index contributed by atoms with van der Waals surface area (Å²) in [6.45, 7) is 0.715. The fraction of sp³-hybridized carbons (Fsp3) is 0.462. The fourth-order valence-electron chi connectivity index (χ4n) is 2.23. The lowest BCUT2D eigenvalue weighted by molar-refractivity contribution is 0.250. The van der Waals surface area contributed by atoms with Crippen LogP contribution in [-0.2, 0) is 0 Å². The van der Waals surface area contributed by atoms with Gasteiger partial charge in [-0.2, -0.15) is 0 Å². The number of rotatable bonds is 3. The lowest BCUT2D eigenvalue weighted by Gasteiger charge is -2.11. The monoisotopic (exact) mass is 233 g/mol. The van der Waals surface area contributed by atoms with E-state index in [0.29, 0.717) is 18.5 Å². The summed E-state index contributed by atoms with van der Waals surface area (Å²) in [7, 11) is 0.